The normalized spacial score (nSPS) is 39.3. The molecule has 3 heteroatoms. The fourth-order valence-corrected chi connectivity index (χ4v) is 9.13. The van der Waals surface area contributed by atoms with Gasteiger partial charge in [-0.25, -0.2) is 0 Å². The van der Waals surface area contributed by atoms with Crippen molar-refractivity contribution in [3.05, 3.63) is 64.7 Å². The van der Waals surface area contributed by atoms with Gasteiger partial charge in [0.25, 0.3) is 0 Å². The van der Waals surface area contributed by atoms with Crippen LogP contribution in [-0.2, 0) is 6.42 Å². The van der Waals surface area contributed by atoms with Gasteiger partial charge in [-0.05, 0) is 128 Å². The van der Waals surface area contributed by atoms with Gasteiger partial charge < -0.3 is 14.9 Å². The number of ether oxygens (including phenoxy) is 1. The number of benzene rings is 2. The number of aliphatic hydroxyl groups is 2. The summed E-state index contributed by atoms with van der Waals surface area (Å²) in [4.78, 5) is 0. The largest absolute Gasteiger partial charge is 0.493 e. The maximum Gasteiger partial charge on any atom is 0.119 e. The summed E-state index contributed by atoms with van der Waals surface area (Å²) in [5.41, 5.74) is 4.93. The third kappa shape index (κ3) is 3.94. The minimum absolute atomic E-state index is 0.134. The summed E-state index contributed by atoms with van der Waals surface area (Å²) in [5, 5.41) is 21.5. The number of terminal acetylenes is 1. The standard InChI is InChI=1S/C35H42O3/c1-3-15-35(37)16-14-32-30-12-10-26-19-28(38-21-22-17-27(36)18-22)11-13-29(26)33(30)31(20-34(32,35)2)25-8-6-24(7-9-25)23-4-5-23/h1,6-9,11,13,19,22-23,27,30-33,36-37H,4-5,10,12,14-18,20-21H2,2H3/t22?,27?,30-,31+,32-,33?,34-,35-/m0/s1. The number of aliphatic hydroxyl groups excluding tert-OH is 1. The topological polar surface area (TPSA) is 49.7 Å². The molecule has 2 aromatic carbocycles. The Kier molecular flexibility index (Phi) is 5.95. The molecule has 5 aliphatic rings. The van der Waals surface area contributed by atoms with Gasteiger partial charge in [0.2, 0.25) is 0 Å². The molecule has 0 radical (unpaired) electrons. The molecular weight excluding hydrogens is 468 g/mol. The zero-order valence-electron chi connectivity index (χ0n) is 22.7. The van der Waals surface area contributed by atoms with Crippen molar-refractivity contribution in [1.29, 1.82) is 0 Å². The first-order valence-corrected chi connectivity index (χ1v) is 15.1. The third-order valence-corrected chi connectivity index (χ3v) is 11.5. The van der Waals surface area contributed by atoms with Gasteiger partial charge in [0.05, 0.1) is 18.3 Å². The fourth-order valence-electron chi connectivity index (χ4n) is 9.13. The smallest absolute Gasteiger partial charge is 0.119 e. The molecule has 5 aliphatic carbocycles. The van der Waals surface area contributed by atoms with Crippen LogP contribution in [0.1, 0.15) is 105 Å². The highest BCUT2D eigenvalue weighted by Gasteiger charge is 2.63. The van der Waals surface area contributed by atoms with E-state index in [0.717, 1.165) is 50.2 Å². The van der Waals surface area contributed by atoms with E-state index in [0.29, 0.717) is 42.6 Å². The lowest BCUT2D eigenvalue weighted by atomic mass is 9.49. The lowest BCUT2D eigenvalue weighted by molar-refractivity contribution is -0.105. The molecule has 0 aliphatic heterocycles. The van der Waals surface area contributed by atoms with E-state index in [4.69, 9.17) is 11.2 Å². The first-order valence-electron chi connectivity index (χ1n) is 15.1. The molecule has 2 aromatic rings. The summed E-state index contributed by atoms with van der Waals surface area (Å²) in [6, 6.07) is 16.4. The predicted octanol–water partition coefficient (Wildman–Crippen LogP) is 6.72. The molecule has 0 saturated heterocycles. The molecule has 2 N–H and O–H groups in total. The quantitative estimate of drug-likeness (QED) is 0.424. The second-order valence-corrected chi connectivity index (χ2v) is 13.6. The molecular formula is C35H42O3. The Labute approximate surface area is 228 Å². The molecule has 0 heterocycles. The molecule has 6 atom stereocenters. The molecule has 200 valence electrons. The highest BCUT2D eigenvalue weighted by Crippen LogP contribution is 2.68. The maximum atomic E-state index is 11.9. The molecule has 4 fully saturated rings. The minimum atomic E-state index is -0.767. The summed E-state index contributed by atoms with van der Waals surface area (Å²) in [5.74, 6) is 6.95. The van der Waals surface area contributed by atoms with E-state index in [1.165, 1.54) is 41.5 Å². The Morgan fingerprint density at radius 2 is 1.79 bits per heavy atom. The number of hydrogen-bond donors (Lipinski definition) is 2. The van der Waals surface area contributed by atoms with Crippen molar-refractivity contribution in [3.63, 3.8) is 0 Å². The molecule has 0 bridgehead atoms. The Bertz CT molecular complexity index is 1230. The summed E-state index contributed by atoms with van der Waals surface area (Å²) < 4.78 is 6.19. The average Bonchev–Trinajstić information content (AvgIpc) is 3.71. The van der Waals surface area contributed by atoms with Crippen LogP contribution in [0.15, 0.2) is 42.5 Å². The Hall–Kier alpha value is -2.28. The van der Waals surface area contributed by atoms with Gasteiger partial charge in [0, 0.05) is 11.8 Å². The zero-order valence-corrected chi connectivity index (χ0v) is 22.7. The second kappa shape index (κ2) is 9.14. The highest BCUT2D eigenvalue weighted by atomic mass is 16.5. The van der Waals surface area contributed by atoms with Crippen molar-refractivity contribution < 1.29 is 14.9 Å². The van der Waals surface area contributed by atoms with E-state index in [2.05, 4.69) is 55.3 Å². The van der Waals surface area contributed by atoms with Gasteiger partial charge in [0.1, 0.15) is 5.75 Å². The van der Waals surface area contributed by atoms with E-state index in [-0.39, 0.29) is 11.5 Å². The van der Waals surface area contributed by atoms with Crippen LogP contribution in [0.3, 0.4) is 0 Å². The van der Waals surface area contributed by atoms with Crippen molar-refractivity contribution in [2.45, 2.75) is 101 Å². The van der Waals surface area contributed by atoms with Crippen molar-refractivity contribution >= 4 is 0 Å². The van der Waals surface area contributed by atoms with Crippen LogP contribution in [-0.4, -0.2) is 28.5 Å². The Morgan fingerprint density at radius 3 is 2.50 bits per heavy atom. The van der Waals surface area contributed by atoms with Gasteiger partial charge in [-0.2, -0.15) is 0 Å². The predicted molar refractivity (Wildman–Crippen MR) is 150 cm³/mol. The molecule has 1 unspecified atom stereocenters. The van der Waals surface area contributed by atoms with Crippen LogP contribution >= 0.6 is 0 Å². The lowest BCUT2D eigenvalue weighted by Crippen LogP contribution is -2.52. The third-order valence-electron chi connectivity index (χ3n) is 11.5. The van der Waals surface area contributed by atoms with Gasteiger partial charge >= 0.3 is 0 Å². The Balaban J connectivity index is 1.23. The van der Waals surface area contributed by atoms with Crippen LogP contribution in [0.4, 0.5) is 0 Å². The average molecular weight is 511 g/mol. The molecule has 7 rings (SSSR count). The van der Waals surface area contributed by atoms with E-state index < -0.39 is 5.60 Å². The highest BCUT2D eigenvalue weighted by molar-refractivity contribution is 5.44. The van der Waals surface area contributed by atoms with Crippen molar-refractivity contribution in [2.75, 3.05) is 6.61 Å². The Morgan fingerprint density at radius 1 is 1.03 bits per heavy atom. The number of hydrogen-bond acceptors (Lipinski definition) is 3. The SMILES string of the molecule is C#CC[C@]1(O)CC[C@H]2[C@@H]3CCc4cc(OCC5CC(O)C5)ccc4C3[C@@H](c3ccc(C4CC4)cc3)C[C@@]21C. The lowest BCUT2D eigenvalue weighted by Gasteiger charge is -2.56. The van der Waals surface area contributed by atoms with Crippen molar-refractivity contribution in [3.8, 4) is 18.1 Å². The van der Waals surface area contributed by atoms with Crippen LogP contribution < -0.4 is 4.74 Å². The van der Waals surface area contributed by atoms with Gasteiger partial charge in [0.15, 0.2) is 0 Å². The number of rotatable bonds is 6. The second-order valence-electron chi connectivity index (χ2n) is 13.6. The molecule has 4 saturated carbocycles. The molecule has 0 spiro atoms. The maximum absolute atomic E-state index is 11.9. The fraction of sp³-hybridized carbons (Fsp3) is 0.600. The summed E-state index contributed by atoms with van der Waals surface area (Å²) >= 11 is 0. The van der Waals surface area contributed by atoms with E-state index in [9.17, 15) is 10.2 Å². The molecule has 3 nitrogen and oxygen atoms in total. The zero-order chi connectivity index (χ0) is 26.1. The van der Waals surface area contributed by atoms with E-state index >= 15 is 0 Å². The van der Waals surface area contributed by atoms with Crippen LogP contribution in [0.2, 0.25) is 0 Å². The van der Waals surface area contributed by atoms with E-state index in [1.54, 1.807) is 0 Å². The molecule has 0 amide bonds. The molecule has 38 heavy (non-hydrogen) atoms. The number of fused-ring (bicyclic) bond motifs is 5. The first-order chi connectivity index (χ1) is 18.4. The minimum Gasteiger partial charge on any atom is -0.493 e. The summed E-state index contributed by atoms with van der Waals surface area (Å²) in [6.07, 6.45) is 15.6. The van der Waals surface area contributed by atoms with Crippen LogP contribution in [0.5, 0.6) is 5.75 Å². The number of aryl methyl sites for hydroxylation is 1. The van der Waals surface area contributed by atoms with Gasteiger partial charge in [-0.3, -0.25) is 0 Å². The summed E-state index contributed by atoms with van der Waals surface area (Å²) in [7, 11) is 0. The summed E-state index contributed by atoms with van der Waals surface area (Å²) in [6.45, 7) is 3.06. The molecule has 0 aromatic heterocycles. The van der Waals surface area contributed by atoms with Gasteiger partial charge in [-0.1, -0.05) is 37.3 Å². The van der Waals surface area contributed by atoms with Crippen LogP contribution in [0.25, 0.3) is 0 Å². The van der Waals surface area contributed by atoms with Crippen molar-refractivity contribution in [1.82, 2.24) is 0 Å². The van der Waals surface area contributed by atoms with Crippen LogP contribution in [0, 0.1) is 35.5 Å². The monoisotopic (exact) mass is 510 g/mol. The van der Waals surface area contributed by atoms with E-state index in [1.807, 2.05) is 0 Å². The first kappa shape index (κ1) is 24.7. The van der Waals surface area contributed by atoms with Gasteiger partial charge in [-0.15, -0.1) is 12.3 Å². The van der Waals surface area contributed by atoms with Crippen molar-refractivity contribution in [2.24, 2.45) is 23.2 Å².